The predicted octanol–water partition coefficient (Wildman–Crippen LogP) is 1.10. The molecule has 7 nitrogen and oxygen atoms in total. The first-order valence-corrected chi connectivity index (χ1v) is 8.02. The van der Waals surface area contributed by atoms with Crippen molar-refractivity contribution >= 4 is 8.53 Å². The summed E-state index contributed by atoms with van der Waals surface area (Å²) in [5.74, 6) is 0. The zero-order valence-corrected chi connectivity index (χ0v) is 13.2. The van der Waals surface area contributed by atoms with E-state index in [-0.39, 0.29) is 0 Å². The lowest BCUT2D eigenvalue weighted by atomic mass is 9.97. The quantitative estimate of drug-likeness (QED) is 0.511. The highest BCUT2D eigenvalue weighted by Crippen LogP contribution is 2.35. The molecule has 1 heterocycles. The summed E-state index contributed by atoms with van der Waals surface area (Å²) in [6.45, 7) is 11.3. The molecule has 0 spiro atoms. The standard InChI is InChI=1S/C13H23N4O3P/c1-4-7-16(8-5-2)13(6-3)12(11-14)17(9-10-19-13)20-21(15)18/h4-5,12,18H,1-2,6-10,15H2,3H3. The molecule has 8 heteroatoms. The summed E-state index contributed by atoms with van der Waals surface area (Å²) >= 11 is 0. The third-order valence-corrected chi connectivity index (χ3v) is 3.81. The van der Waals surface area contributed by atoms with Crippen LogP contribution in [0.5, 0.6) is 0 Å². The van der Waals surface area contributed by atoms with Crippen molar-refractivity contribution in [1.82, 2.24) is 9.96 Å². The lowest BCUT2D eigenvalue weighted by Crippen LogP contribution is -2.66. The third-order valence-electron chi connectivity index (χ3n) is 3.43. The molecule has 0 aromatic carbocycles. The van der Waals surface area contributed by atoms with Gasteiger partial charge in [0, 0.05) is 19.6 Å². The van der Waals surface area contributed by atoms with Crippen LogP contribution in [0.15, 0.2) is 25.3 Å². The Hall–Kier alpha value is -0.840. The third kappa shape index (κ3) is 4.09. The van der Waals surface area contributed by atoms with Gasteiger partial charge in [0.05, 0.1) is 12.7 Å². The molecule has 0 bridgehead atoms. The van der Waals surface area contributed by atoms with Gasteiger partial charge in [-0.15, -0.1) is 13.2 Å². The minimum atomic E-state index is -2.08. The zero-order valence-electron chi connectivity index (χ0n) is 12.3. The molecule has 1 rings (SSSR count). The zero-order chi connectivity index (χ0) is 15.9. The fourth-order valence-corrected chi connectivity index (χ4v) is 2.98. The second-order valence-electron chi connectivity index (χ2n) is 4.59. The van der Waals surface area contributed by atoms with Crippen molar-refractivity contribution in [1.29, 1.82) is 5.26 Å². The number of ether oxygens (including phenoxy) is 1. The van der Waals surface area contributed by atoms with Crippen molar-refractivity contribution in [3.63, 3.8) is 0 Å². The summed E-state index contributed by atoms with van der Waals surface area (Å²) in [4.78, 5) is 11.3. The normalized spacial score (nSPS) is 28.0. The van der Waals surface area contributed by atoms with Crippen LogP contribution in [0.1, 0.15) is 13.3 Å². The van der Waals surface area contributed by atoms with E-state index in [0.717, 1.165) is 0 Å². The highest BCUT2D eigenvalue weighted by Gasteiger charge is 2.50. The molecule has 1 fully saturated rings. The molecule has 1 aliphatic heterocycles. The molecule has 3 N–H and O–H groups in total. The highest BCUT2D eigenvalue weighted by molar-refractivity contribution is 7.43. The molecule has 3 unspecified atom stereocenters. The molecule has 0 amide bonds. The van der Waals surface area contributed by atoms with Crippen LogP contribution >= 0.6 is 8.53 Å². The molecule has 0 aromatic heterocycles. The topological polar surface area (TPSA) is 95.0 Å². The molecule has 0 aliphatic carbocycles. The van der Waals surface area contributed by atoms with Gasteiger partial charge < -0.3 is 9.63 Å². The summed E-state index contributed by atoms with van der Waals surface area (Å²) in [7, 11) is -2.08. The van der Waals surface area contributed by atoms with Crippen molar-refractivity contribution < 1.29 is 14.3 Å². The number of hydroxylamine groups is 2. The van der Waals surface area contributed by atoms with Gasteiger partial charge >= 0.3 is 0 Å². The maximum Gasteiger partial charge on any atom is 0.268 e. The van der Waals surface area contributed by atoms with E-state index in [1.165, 1.54) is 5.06 Å². The Morgan fingerprint density at radius 2 is 2.24 bits per heavy atom. The van der Waals surface area contributed by atoms with Crippen molar-refractivity contribution in [3.05, 3.63) is 25.3 Å². The van der Waals surface area contributed by atoms with Gasteiger partial charge in [-0.05, 0) is 6.42 Å². The predicted molar refractivity (Wildman–Crippen MR) is 81.5 cm³/mol. The van der Waals surface area contributed by atoms with Crippen molar-refractivity contribution in [2.75, 3.05) is 26.2 Å². The number of nitriles is 1. The van der Waals surface area contributed by atoms with E-state index in [1.807, 2.05) is 11.8 Å². The molecule has 0 aromatic rings. The van der Waals surface area contributed by atoms with E-state index in [1.54, 1.807) is 12.2 Å². The van der Waals surface area contributed by atoms with E-state index < -0.39 is 20.3 Å². The Bertz CT molecular complexity index is 391. The van der Waals surface area contributed by atoms with E-state index in [2.05, 4.69) is 19.2 Å². The lowest BCUT2D eigenvalue weighted by Gasteiger charge is -2.50. The summed E-state index contributed by atoms with van der Waals surface area (Å²) in [6, 6.07) is 1.50. The Kier molecular flexibility index (Phi) is 7.43. The van der Waals surface area contributed by atoms with Crippen LogP contribution in [0.2, 0.25) is 0 Å². The molecule has 3 atom stereocenters. The molecule has 0 radical (unpaired) electrons. The SMILES string of the molecule is C=CCN(CC=C)C1(CC)OCCN(OP(N)O)C1C#N. The van der Waals surface area contributed by atoms with Gasteiger partial charge in [-0.2, -0.15) is 10.3 Å². The van der Waals surface area contributed by atoms with E-state index in [9.17, 15) is 10.2 Å². The van der Waals surface area contributed by atoms with Gasteiger partial charge in [-0.25, -0.2) is 4.62 Å². The Balaban J connectivity index is 3.12. The van der Waals surface area contributed by atoms with Crippen LogP contribution in [-0.2, 0) is 9.36 Å². The monoisotopic (exact) mass is 314 g/mol. The number of nitrogens with two attached hydrogens (primary N) is 1. The maximum absolute atomic E-state index is 9.58. The lowest BCUT2D eigenvalue weighted by molar-refractivity contribution is -0.265. The minimum absolute atomic E-state index is 0.368. The van der Waals surface area contributed by atoms with E-state index >= 15 is 0 Å². The van der Waals surface area contributed by atoms with Gasteiger partial charge in [0.15, 0.2) is 11.8 Å². The summed E-state index contributed by atoms with van der Waals surface area (Å²) in [5.41, 5.74) is 4.46. The van der Waals surface area contributed by atoms with E-state index in [0.29, 0.717) is 32.7 Å². The maximum atomic E-state index is 9.58. The van der Waals surface area contributed by atoms with Gasteiger partial charge in [0.1, 0.15) is 0 Å². The van der Waals surface area contributed by atoms with Gasteiger partial charge in [-0.3, -0.25) is 10.4 Å². The number of hydrogen-bond donors (Lipinski definition) is 2. The van der Waals surface area contributed by atoms with Crippen molar-refractivity contribution in [2.45, 2.75) is 25.1 Å². The first-order valence-electron chi connectivity index (χ1n) is 6.74. The summed E-state index contributed by atoms with van der Waals surface area (Å²) in [6.07, 6.45) is 4.07. The number of hydrogen-bond acceptors (Lipinski definition) is 7. The van der Waals surface area contributed by atoms with Crippen molar-refractivity contribution in [2.24, 2.45) is 5.50 Å². The fraction of sp³-hybridized carbons (Fsp3) is 0.615. The average Bonchev–Trinajstić information content (AvgIpc) is 2.46. The first-order chi connectivity index (χ1) is 10.1. The molecule has 118 valence electrons. The Labute approximate surface area is 127 Å². The molecule has 0 saturated carbocycles. The molecular weight excluding hydrogens is 291 g/mol. The highest BCUT2D eigenvalue weighted by atomic mass is 31.2. The second kappa shape index (κ2) is 8.57. The van der Waals surface area contributed by atoms with Gasteiger partial charge in [-0.1, -0.05) is 19.1 Å². The van der Waals surface area contributed by atoms with E-state index in [4.69, 9.17) is 14.9 Å². The second-order valence-corrected chi connectivity index (χ2v) is 5.35. The van der Waals surface area contributed by atoms with Crippen LogP contribution in [0.3, 0.4) is 0 Å². The van der Waals surface area contributed by atoms with Gasteiger partial charge in [0.25, 0.3) is 8.53 Å². The number of nitrogens with zero attached hydrogens (tertiary/aromatic N) is 3. The van der Waals surface area contributed by atoms with Crippen LogP contribution in [0, 0.1) is 11.3 Å². The van der Waals surface area contributed by atoms with Gasteiger partial charge in [0.2, 0.25) is 0 Å². The molecule has 21 heavy (non-hydrogen) atoms. The molecule has 1 saturated heterocycles. The molecule has 1 aliphatic rings. The smallest absolute Gasteiger partial charge is 0.268 e. The first kappa shape index (κ1) is 18.2. The molecular formula is C13H23N4O3P. The Morgan fingerprint density at radius 1 is 1.62 bits per heavy atom. The number of rotatable bonds is 8. The largest absolute Gasteiger partial charge is 0.356 e. The Morgan fingerprint density at radius 3 is 2.67 bits per heavy atom. The summed E-state index contributed by atoms with van der Waals surface area (Å²) < 4.78 is 11.2. The van der Waals surface area contributed by atoms with Crippen LogP contribution in [0.4, 0.5) is 0 Å². The van der Waals surface area contributed by atoms with Crippen molar-refractivity contribution in [3.8, 4) is 6.07 Å². The average molecular weight is 314 g/mol. The number of morpholine rings is 1. The van der Waals surface area contributed by atoms with Crippen LogP contribution in [-0.4, -0.2) is 52.9 Å². The van der Waals surface area contributed by atoms with Crippen LogP contribution < -0.4 is 5.50 Å². The minimum Gasteiger partial charge on any atom is -0.356 e. The summed E-state index contributed by atoms with van der Waals surface area (Å²) in [5, 5.41) is 11.0. The van der Waals surface area contributed by atoms with Crippen LogP contribution in [0.25, 0.3) is 0 Å². The fourth-order valence-electron chi connectivity index (χ4n) is 2.58.